The summed E-state index contributed by atoms with van der Waals surface area (Å²) in [5.74, 6) is 1.63. The molecule has 1 aromatic carbocycles. The van der Waals surface area contributed by atoms with Crippen LogP contribution in [0.1, 0.15) is 5.56 Å². The normalized spacial score (nSPS) is 10.3. The van der Waals surface area contributed by atoms with E-state index in [4.69, 9.17) is 16.3 Å². The number of halogens is 2. The third-order valence-corrected chi connectivity index (χ3v) is 3.78. The third kappa shape index (κ3) is 3.94. The summed E-state index contributed by atoms with van der Waals surface area (Å²) >= 11 is 8.17. The van der Waals surface area contributed by atoms with Crippen molar-refractivity contribution in [1.82, 2.24) is 9.97 Å². The molecule has 0 saturated heterocycles. The van der Waals surface area contributed by atoms with Gasteiger partial charge in [0.15, 0.2) is 0 Å². The molecule has 0 aliphatic heterocycles. The quantitative estimate of drug-likeness (QED) is 0.483. The van der Waals surface area contributed by atoms with Crippen molar-refractivity contribution < 1.29 is 4.74 Å². The lowest BCUT2D eigenvalue weighted by molar-refractivity contribution is 0.330. The van der Waals surface area contributed by atoms with Gasteiger partial charge in [-0.2, -0.15) is 0 Å². The number of ether oxygens (including phenoxy) is 1. The van der Waals surface area contributed by atoms with Gasteiger partial charge in [0.2, 0.25) is 0 Å². The first-order chi connectivity index (χ1) is 9.18. The van der Waals surface area contributed by atoms with E-state index in [0.717, 1.165) is 20.7 Å². The summed E-state index contributed by atoms with van der Waals surface area (Å²) in [4.78, 5) is 8.05. The molecule has 0 saturated carbocycles. The van der Waals surface area contributed by atoms with Crippen LogP contribution in [0.4, 0.5) is 5.82 Å². The first-order valence-corrected chi connectivity index (χ1v) is 7.22. The van der Waals surface area contributed by atoms with Gasteiger partial charge in [-0.05, 0) is 41.6 Å². The fraction of sp³-hybridized carbons (Fsp3) is 0.231. The van der Waals surface area contributed by atoms with Crippen LogP contribution in [-0.4, -0.2) is 23.1 Å². The Morgan fingerprint density at radius 1 is 1.32 bits per heavy atom. The van der Waals surface area contributed by atoms with Gasteiger partial charge in [0, 0.05) is 5.56 Å². The largest absolute Gasteiger partial charge is 0.491 e. The monoisotopic (exact) mass is 389 g/mol. The zero-order valence-electron chi connectivity index (χ0n) is 10.4. The van der Waals surface area contributed by atoms with E-state index in [-0.39, 0.29) is 0 Å². The second-order valence-electron chi connectivity index (χ2n) is 3.84. The van der Waals surface area contributed by atoms with E-state index < -0.39 is 0 Å². The molecule has 0 spiro atoms. The smallest absolute Gasteiger partial charge is 0.137 e. The van der Waals surface area contributed by atoms with Crippen LogP contribution < -0.4 is 10.1 Å². The minimum atomic E-state index is 0.469. The molecule has 0 radical (unpaired) electrons. The number of nitrogens with zero attached hydrogens (tertiary/aromatic N) is 2. The van der Waals surface area contributed by atoms with Crippen LogP contribution in [0.5, 0.6) is 5.75 Å². The molecular formula is C13H13ClIN3O. The first kappa shape index (κ1) is 14.3. The molecule has 6 heteroatoms. The number of para-hydroxylation sites is 1. The molecule has 0 amide bonds. The summed E-state index contributed by atoms with van der Waals surface area (Å²) in [5.41, 5.74) is 0.846. The van der Waals surface area contributed by atoms with Gasteiger partial charge in [0.25, 0.3) is 0 Å². The van der Waals surface area contributed by atoms with Gasteiger partial charge in [0.1, 0.15) is 29.7 Å². The van der Waals surface area contributed by atoms with Crippen LogP contribution in [0.3, 0.4) is 0 Å². The second kappa shape index (κ2) is 6.91. The van der Waals surface area contributed by atoms with Crippen LogP contribution in [0.15, 0.2) is 30.6 Å². The second-order valence-corrected chi connectivity index (χ2v) is 5.36. The predicted molar refractivity (Wildman–Crippen MR) is 84.9 cm³/mol. The van der Waals surface area contributed by atoms with Gasteiger partial charge in [0.05, 0.1) is 10.1 Å². The van der Waals surface area contributed by atoms with Crippen LogP contribution in [0.25, 0.3) is 0 Å². The van der Waals surface area contributed by atoms with E-state index in [1.54, 1.807) is 0 Å². The Morgan fingerprint density at radius 2 is 2.11 bits per heavy atom. The molecule has 0 fully saturated rings. The number of anilines is 1. The van der Waals surface area contributed by atoms with Gasteiger partial charge >= 0.3 is 0 Å². The van der Waals surface area contributed by atoms with Crippen molar-refractivity contribution in [3.8, 4) is 5.75 Å². The Hall–Kier alpha value is -1.08. The van der Waals surface area contributed by atoms with Crippen molar-refractivity contribution in [2.75, 3.05) is 18.5 Å². The first-order valence-electron chi connectivity index (χ1n) is 5.77. The SMILES string of the molecule is Cc1c(Cl)ncnc1NCCOc1ccccc1I. The molecule has 0 bridgehead atoms. The summed E-state index contributed by atoms with van der Waals surface area (Å²) in [6, 6.07) is 7.91. The van der Waals surface area contributed by atoms with E-state index in [0.29, 0.717) is 18.3 Å². The molecule has 19 heavy (non-hydrogen) atoms. The van der Waals surface area contributed by atoms with Gasteiger partial charge in [-0.15, -0.1) is 0 Å². The molecule has 0 atom stereocenters. The molecular weight excluding hydrogens is 377 g/mol. The van der Waals surface area contributed by atoms with Crippen molar-refractivity contribution >= 4 is 40.0 Å². The zero-order valence-corrected chi connectivity index (χ0v) is 13.3. The number of nitrogens with one attached hydrogen (secondary N) is 1. The summed E-state index contributed by atoms with van der Waals surface area (Å²) in [6.07, 6.45) is 1.44. The average molecular weight is 390 g/mol. The summed E-state index contributed by atoms with van der Waals surface area (Å²) in [6.45, 7) is 3.09. The number of aromatic nitrogens is 2. The minimum Gasteiger partial charge on any atom is -0.491 e. The van der Waals surface area contributed by atoms with E-state index in [1.807, 2.05) is 31.2 Å². The highest BCUT2D eigenvalue weighted by Gasteiger charge is 2.04. The summed E-state index contributed by atoms with van der Waals surface area (Å²) in [7, 11) is 0. The van der Waals surface area contributed by atoms with Crippen molar-refractivity contribution in [2.24, 2.45) is 0 Å². The van der Waals surface area contributed by atoms with Crippen molar-refractivity contribution in [3.63, 3.8) is 0 Å². The van der Waals surface area contributed by atoms with Gasteiger partial charge in [-0.25, -0.2) is 9.97 Å². The van der Waals surface area contributed by atoms with Crippen molar-refractivity contribution in [2.45, 2.75) is 6.92 Å². The highest BCUT2D eigenvalue weighted by molar-refractivity contribution is 14.1. The van der Waals surface area contributed by atoms with Crippen LogP contribution in [0, 0.1) is 10.5 Å². The lowest BCUT2D eigenvalue weighted by atomic mass is 10.3. The van der Waals surface area contributed by atoms with Crippen LogP contribution in [0.2, 0.25) is 5.15 Å². The lowest BCUT2D eigenvalue weighted by Crippen LogP contribution is -2.13. The van der Waals surface area contributed by atoms with Crippen LogP contribution in [-0.2, 0) is 0 Å². The molecule has 0 aliphatic carbocycles. The fourth-order valence-electron chi connectivity index (χ4n) is 1.50. The standard InChI is InChI=1S/C13H13ClIN3O/c1-9-12(14)17-8-18-13(9)16-6-7-19-11-5-3-2-4-10(11)15/h2-5,8H,6-7H2,1H3,(H,16,17,18). The van der Waals surface area contributed by atoms with Gasteiger partial charge in [-0.3, -0.25) is 0 Å². The van der Waals surface area contributed by atoms with Crippen LogP contribution >= 0.6 is 34.2 Å². The number of rotatable bonds is 5. The molecule has 100 valence electrons. The lowest BCUT2D eigenvalue weighted by Gasteiger charge is -2.10. The molecule has 1 aromatic heterocycles. The maximum Gasteiger partial charge on any atom is 0.137 e. The van der Waals surface area contributed by atoms with Gasteiger partial charge in [-0.1, -0.05) is 23.7 Å². The maximum absolute atomic E-state index is 5.92. The van der Waals surface area contributed by atoms with Crippen molar-refractivity contribution in [1.29, 1.82) is 0 Å². The summed E-state index contributed by atoms with van der Waals surface area (Å²) < 4.78 is 6.78. The number of benzene rings is 1. The van der Waals surface area contributed by atoms with Crippen molar-refractivity contribution in [3.05, 3.63) is 44.9 Å². The predicted octanol–water partition coefficient (Wildman–Crippen LogP) is 3.53. The Bertz CT molecular complexity index is 565. The maximum atomic E-state index is 5.92. The molecule has 2 rings (SSSR count). The minimum absolute atomic E-state index is 0.469. The Labute approximate surface area is 130 Å². The molecule has 4 nitrogen and oxygen atoms in total. The molecule has 0 aliphatic rings. The summed E-state index contributed by atoms with van der Waals surface area (Å²) in [5, 5.41) is 3.65. The molecule has 1 heterocycles. The van der Waals surface area contributed by atoms with Gasteiger partial charge < -0.3 is 10.1 Å². The highest BCUT2D eigenvalue weighted by atomic mass is 127. The van der Waals surface area contributed by atoms with E-state index in [1.165, 1.54) is 6.33 Å². The fourth-order valence-corrected chi connectivity index (χ4v) is 2.18. The topological polar surface area (TPSA) is 47.0 Å². The average Bonchev–Trinajstić information content (AvgIpc) is 2.41. The third-order valence-electron chi connectivity index (χ3n) is 2.51. The Kier molecular flexibility index (Phi) is 5.21. The zero-order chi connectivity index (χ0) is 13.7. The molecule has 2 aromatic rings. The highest BCUT2D eigenvalue weighted by Crippen LogP contribution is 2.20. The molecule has 1 N–H and O–H groups in total. The number of hydrogen-bond donors (Lipinski definition) is 1. The van der Waals surface area contributed by atoms with E-state index in [2.05, 4.69) is 37.9 Å². The van der Waals surface area contributed by atoms with E-state index >= 15 is 0 Å². The Morgan fingerprint density at radius 3 is 2.89 bits per heavy atom. The molecule has 0 unspecified atom stereocenters. The Balaban J connectivity index is 1.84. The number of hydrogen-bond acceptors (Lipinski definition) is 4. The van der Waals surface area contributed by atoms with E-state index in [9.17, 15) is 0 Å².